The van der Waals surface area contributed by atoms with E-state index in [-0.39, 0.29) is 0 Å². The lowest BCUT2D eigenvalue weighted by Crippen LogP contribution is -2.10. The van der Waals surface area contributed by atoms with Gasteiger partial charge in [-0.15, -0.1) is 11.3 Å². The normalized spacial score (nSPS) is 11.6. The summed E-state index contributed by atoms with van der Waals surface area (Å²) < 4.78 is 2.65. The Balaban J connectivity index is 1.28. The zero-order valence-corrected chi connectivity index (χ0v) is 24.8. The summed E-state index contributed by atoms with van der Waals surface area (Å²) in [5.41, 5.74) is 5.85. The SMILES string of the molecule is c1ccc(-c2ccc(N(c3ccc4ccc5ccccc5c4c3)c3ccc4ccc5sc6ccccc6c5c4c3)cc2)cc1. The summed E-state index contributed by atoms with van der Waals surface area (Å²) in [6.45, 7) is 0. The van der Waals surface area contributed by atoms with Gasteiger partial charge >= 0.3 is 0 Å². The van der Waals surface area contributed by atoms with Crippen molar-refractivity contribution < 1.29 is 0 Å². The molecule has 0 fully saturated rings. The molecule has 2 heteroatoms. The van der Waals surface area contributed by atoms with Crippen molar-refractivity contribution in [2.75, 3.05) is 4.90 Å². The van der Waals surface area contributed by atoms with Gasteiger partial charge < -0.3 is 4.90 Å². The molecular formula is C42H27NS. The Hall–Kier alpha value is -5.44. The lowest BCUT2D eigenvalue weighted by Gasteiger charge is -2.26. The van der Waals surface area contributed by atoms with E-state index in [0.29, 0.717) is 0 Å². The van der Waals surface area contributed by atoms with Crippen molar-refractivity contribution in [1.29, 1.82) is 0 Å². The summed E-state index contributed by atoms with van der Waals surface area (Å²) in [6, 6.07) is 59.8. The van der Waals surface area contributed by atoms with Crippen LogP contribution in [0, 0.1) is 0 Å². The average molecular weight is 578 g/mol. The van der Waals surface area contributed by atoms with E-state index >= 15 is 0 Å². The fraction of sp³-hybridized carbons (Fsp3) is 0. The van der Waals surface area contributed by atoms with Crippen LogP contribution in [-0.2, 0) is 0 Å². The van der Waals surface area contributed by atoms with Gasteiger partial charge in [0.05, 0.1) is 0 Å². The second kappa shape index (κ2) is 10.1. The smallest absolute Gasteiger partial charge is 0.0468 e. The first-order valence-electron chi connectivity index (χ1n) is 15.0. The zero-order chi connectivity index (χ0) is 29.0. The van der Waals surface area contributed by atoms with Crippen LogP contribution in [0.5, 0.6) is 0 Å². The molecule has 0 atom stereocenters. The van der Waals surface area contributed by atoms with Crippen molar-refractivity contribution in [3.8, 4) is 11.1 Å². The molecule has 0 N–H and O–H groups in total. The first-order chi connectivity index (χ1) is 21.8. The van der Waals surface area contributed by atoms with E-state index < -0.39 is 0 Å². The molecule has 0 saturated carbocycles. The largest absolute Gasteiger partial charge is 0.310 e. The van der Waals surface area contributed by atoms with Crippen molar-refractivity contribution >= 4 is 80.9 Å². The molecule has 8 aromatic carbocycles. The van der Waals surface area contributed by atoms with E-state index in [2.05, 4.69) is 169 Å². The summed E-state index contributed by atoms with van der Waals surface area (Å²) in [4.78, 5) is 2.41. The summed E-state index contributed by atoms with van der Waals surface area (Å²) in [7, 11) is 0. The fourth-order valence-electron chi connectivity index (χ4n) is 6.68. The van der Waals surface area contributed by atoms with Crippen molar-refractivity contribution in [1.82, 2.24) is 0 Å². The number of fused-ring (bicyclic) bond motifs is 8. The van der Waals surface area contributed by atoms with Crippen LogP contribution >= 0.6 is 11.3 Å². The van der Waals surface area contributed by atoms with Crippen LogP contribution in [0.4, 0.5) is 17.1 Å². The minimum absolute atomic E-state index is 1.13. The molecule has 9 aromatic rings. The van der Waals surface area contributed by atoms with Gasteiger partial charge in [0.2, 0.25) is 0 Å². The second-order valence-electron chi connectivity index (χ2n) is 11.4. The summed E-state index contributed by atoms with van der Waals surface area (Å²) in [5, 5.41) is 10.3. The van der Waals surface area contributed by atoms with Crippen molar-refractivity contribution in [2.45, 2.75) is 0 Å². The lowest BCUT2D eigenvalue weighted by molar-refractivity contribution is 1.30. The van der Waals surface area contributed by atoms with Crippen molar-refractivity contribution in [3.63, 3.8) is 0 Å². The standard InChI is InChI=1S/C42H27NS/c1-2-8-28(9-3-1)29-16-21-33(22-17-29)43(34-23-18-31-15-14-30-10-4-5-11-36(30)38(31)26-34)35-24-19-32-20-25-41-42(39(32)27-35)37-12-6-7-13-40(37)44-41/h1-27H. The highest BCUT2D eigenvalue weighted by Gasteiger charge is 2.17. The van der Waals surface area contributed by atoms with E-state index in [1.165, 1.54) is 63.6 Å². The topological polar surface area (TPSA) is 3.24 Å². The Bertz CT molecular complexity index is 2490. The maximum Gasteiger partial charge on any atom is 0.0468 e. The molecule has 0 aliphatic rings. The van der Waals surface area contributed by atoms with Crippen LogP contribution < -0.4 is 4.90 Å². The molecule has 0 saturated heterocycles. The third kappa shape index (κ3) is 4.07. The molecule has 0 spiro atoms. The fourth-order valence-corrected chi connectivity index (χ4v) is 7.80. The van der Waals surface area contributed by atoms with Gasteiger partial charge in [-0.1, -0.05) is 115 Å². The van der Waals surface area contributed by atoms with Gasteiger partial charge in [-0.3, -0.25) is 0 Å². The molecule has 1 heterocycles. The molecular weight excluding hydrogens is 551 g/mol. The molecule has 0 unspecified atom stereocenters. The van der Waals surface area contributed by atoms with Crippen LogP contribution in [0.1, 0.15) is 0 Å². The lowest BCUT2D eigenvalue weighted by atomic mass is 10.00. The Labute approximate surface area is 259 Å². The van der Waals surface area contributed by atoms with Gasteiger partial charge in [0.1, 0.15) is 0 Å². The van der Waals surface area contributed by atoms with Crippen LogP contribution in [0.2, 0.25) is 0 Å². The molecule has 0 bridgehead atoms. The number of anilines is 3. The molecule has 0 radical (unpaired) electrons. The molecule has 1 nitrogen and oxygen atoms in total. The Morgan fingerprint density at radius 2 is 0.886 bits per heavy atom. The van der Waals surface area contributed by atoms with Gasteiger partial charge in [0.15, 0.2) is 0 Å². The van der Waals surface area contributed by atoms with E-state index in [4.69, 9.17) is 0 Å². The number of nitrogens with zero attached hydrogens (tertiary/aromatic N) is 1. The first kappa shape index (κ1) is 25.1. The quantitative estimate of drug-likeness (QED) is 0.188. The third-order valence-electron chi connectivity index (χ3n) is 8.82. The molecule has 0 aliphatic heterocycles. The maximum atomic E-state index is 2.41. The van der Waals surface area contributed by atoms with Crippen molar-refractivity contribution in [3.05, 3.63) is 164 Å². The van der Waals surface area contributed by atoms with E-state index in [1.807, 2.05) is 11.3 Å². The van der Waals surface area contributed by atoms with Crippen LogP contribution in [0.25, 0.3) is 63.6 Å². The predicted octanol–water partition coefficient (Wildman–Crippen LogP) is 12.7. The summed E-state index contributed by atoms with van der Waals surface area (Å²) in [5.74, 6) is 0. The average Bonchev–Trinajstić information content (AvgIpc) is 3.48. The van der Waals surface area contributed by atoms with Crippen LogP contribution in [-0.4, -0.2) is 0 Å². The van der Waals surface area contributed by atoms with E-state index in [0.717, 1.165) is 17.1 Å². The Morgan fingerprint density at radius 1 is 0.341 bits per heavy atom. The minimum Gasteiger partial charge on any atom is -0.310 e. The summed E-state index contributed by atoms with van der Waals surface area (Å²) >= 11 is 1.87. The monoisotopic (exact) mass is 577 g/mol. The number of thiophene rings is 1. The number of hydrogen-bond donors (Lipinski definition) is 0. The number of hydrogen-bond acceptors (Lipinski definition) is 2. The van der Waals surface area contributed by atoms with Crippen molar-refractivity contribution in [2.24, 2.45) is 0 Å². The Kier molecular flexibility index (Phi) is 5.75. The molecule has 0 aliphatic carbocycles. The molecule has 1 aromatic heterocycles. The van der Waals surface area contributed by atoms with Gasteiger partial charge in [0.25, 0.3) is 0 Å². The van der Waals surface area contributed by atoms with E-state index in [1.54, 1.807) is 0 Å². The zero-order valence-electron chi connectivity index (χ0n) is 23.9. The highest BCUT2D eigenvalue weighted by Crippen LogP contribution is 2.43. The van der Waals surface area contributed by atoms with Gasteiger partial charge in [-0.2, -0.15) is 0 Å². The van der Waals surface area contributed by atoms with Crippen LogP contribution in [0.15, 0.2) is 164 Å². The molecule has 44 heavy (non-hydrogen) atoms. The molecule has 206 valence electrons. The highest BCUT2D eigenvalue weighted by atomic mass is 32.1. The first-order valence-corrected chi connectivity index (χ1v) is 15.8. The molecule has 9 rings (SSSR count). The van der Waals surface area contributed by atoms with Gasteiger partial charge in [-0.25, -0.2) is 0 Å². The second-order valence-corrected chi connectivity index (χ2v) is 12.5. The highest BCUT2D eigenvalue weighted by molar-refractivity contribution is 7.26. The Morgan fingerprint density at radius 3 is 1.68 bits per heavy atom. The number of benzene rings is 8. The number of rotatable bonds is 4. The van der Waals surface area contributed by atoms with E-state index in [9.17, 15) is 0 Å². The third-order valence-corrected chi connectivity index (χ3v) is 9.96. The summed E-state index contributed by atoms with van der Waals surface area (Å²) in [6.07, 6.45) is 0. The predicted molar refractivity (Wildman–Crippen MR) is 192 cm³/mol. The molecule has 0 amide bonds. The minimum atomic E-state index is 1.13. The van der Waals surface area contributed by atoms with Crippen LogP contribution in [0.3, 0.4) is 0 Å². The maximum absolute atomic E-state index is 2.41. The van der Waals surface area contributed by atoms with Gasteiger partial charge in [-0.05, 0) is 92.0 Å². The van der Waals surface area contributed by atoms with Gasteiger partial charge in [0, 0.05) is 37.2 Å².